The maximum Gasteiger partial charge on any atom is 0.306 e. The predicted molar refractivity (Wildman–Crippen MR) is 65.6 cm³/mol. The minimum Gasteiger partial charge on any atom is -0.481 e. The van der Waals surface area contributed by atoms with E-state index in [0.29, 0.717) is 0 Å². The van der Waals surface area contributed by atoms with Crippen molar-refractivity contribution in [1.29, 1.82) is 0 Å². The van der Waals surface area contributed by atoms with E-state index >= 15 is 0 Å². The van der Waals surface area contributed by atoms with Crippen molar-refractivity contribution in [1.82, 2.24) is 4.90 Å². The van der Waals surface area contributed by atoms with Crippen LogP contribution in [0.15, 0.2) is 0 Å². The predicted octanol–water partition coefficient (Wildman–Crippen LogP) is 2.14. The molecule has 1 rings (SSSR count). The molecule has 0 heterocycles. The van der Waals surface area contributed by atoms with Gasteiger partial charge >= 0.3 is 5.97 Å². The van der Waals surface area contributed by atoms with Gasteiger partial charge in [0, 0.05) is 20.0 Å². The van der Waals surface area contributed by atoms with Gasteiger partial charge in [0.25, 0.3) is 0 Å². The molecule has 17 heavy (non-hydrogen) atoms. The summed E-state index contributed by atoms with van der Waals surface area (Å²) in [6.45, 7) is 2.33. The Balaban J connectivity index is 2.23. The molecule has 0 aromatic rings. The van der Waals surface area contributed by atoms with Crippen LogP contribution in [0, 0.1) is 11.8 Å². The fraction of sp³-hybridized carbons (Fsp3) is 0.846. The summed E-state index contributed by atoms with van der Waals surface area (Å²) in [4.78, 5) is 24.1. The third-order valence-corrected chi connectivity index (χ3v) is 3.68. The van der Waals surface area contributed by atoms with Gasteiger partial charge in [-0.3, -0.25) is 9.59 Å². The van der Waals surface area contributed by atoms with Crippen molar-refractivity contribution in [2.24, 2.45) is 11.8 Å². The first kappa shape index (κ1) is 14.0. The molecule has 1 unspecified atom stereocenters. The molecule has 1 aliphatic carbocycles. The molecule has 1 fully saturated rings. The van der Waals surface area contributed by atoms with Gasteiger partial charge in [-0.05, 0) is 12.3 Å². The molecule has 0 radical (unpaired) electrons. The van der Waals surface area contributed by atoms with Crippen molar-refractivity contribution in [2.75, 3.05) is 13.6 Å². The monoisotopic (exact) mass is 241 g/mol. The lowest BCUT2D eigenvalue weighted by atomic mass is 10.0. The molecule has 0 aromatic heterocycles. The van der Waals surface area contributed by atoms with Crippen molar-refractivity contribution in [3.8, 4) is 0 Å². The molecule has 1 saturated carbocycles. The number of rotatable bonds is 6. The van der Waals surface area contributed by atoms with Gasteiger partial charge in [-0.15, -0.1) is 0 Å². The zero-order chi connectivity index (χ0) is 12.8. The van der Waals surface area contributed by atoms with Crippen LogP contribution in [-0.2, 0) is 9.59 Å². The number of carbonyl (C=O) groups excluding carboxylic acids is 1. The van der Waals surface area contributed by atoms with Crippen molar-refractivity contribution in [3.05, 3.63) is 0 Å². The first-order chi connectivity index (χ1) is 8.00. The summed E-state index contributed by atoms with van der Waals surface area (Å²) in [7, 11) is 1.77. The molecule has 0 saturated heterocycles. The Morgan fingerprint density at radius 3 is 2.47 bits per heavy atom. The highest BCUT2D eigenvalue weighted by molar-refractivity contribution is 5.81. The average Bonchev–Trinajstić information content (AvgIpc) is 2.78. The Hall–Kier alpha value is -1.06. The number of hydrogen-bond donors (Lipinski definition) is 1. The summed E-state index contributed by atoms with van der Waals surface area (Å²) in [5.74, 6) is -0.779. The third-order valence-electron chi connectivity index (χ3n) is 3.68. The summed E-state index contributed by atoms with van der Waals surface area (Å²) in [6, 6.07) is 0. The summed E-state index contributed by atoms with van der Waals surface area (Å²) in [6.07, 6.45) is 6.37. The van der Waals surface area contributed by atoms with E-state index in [1.54, 1.807) is 18.9 Å². The van der Waals surface area contributed by atoms with Gasteiger partial charge in [-0.25, -0.2) is 0 Å². The quantitative estimate of drug-likeness (QED) is 0.775. The Labute approximate surface area is 103 Å². The lowest BCUT2D eigenvalue weighted by Crippen LogP contribution is -2.31. The minimum atomic E-state index is -0.900. The topological polar surface area (TPSA) is 57.6 Å². The van der Waals surface area contributed by atoms with Gasteiger partial charge in [-0.1, -0.05) is 32.6 Å². The van der Waals surface area contributed by atoms with E-state index in [4.69, 9.17) is 5.11 Å². The molecular formula is C13H23NO3. The van der Waals surface area contributed by atoms with Crippen molar-refractivity contribution in [2.45, 2.75) is 45.4 Å². The molecule has 1 N–H and O–H groups in total. The second-order valence-electron chi connectivity index (χ2n) is 5.20. The Bertz CT molecular complexity index is 272. The zero-order valence-corrected chi connectivity index (χ0v) is 10.8. The minimum absolute atomic E-state index is 0.0575. The van der Waals surface area contributed by atoms with E-state index in [0.717, 1.165) is 18.9 Å². The third kappa shape index (κ3) is 4.75. The van der Waals surface area contributed by atoms with Crippen molar-refractivity contribution < 1.29 is 14.7 Å². The number of nitrogens with zero attached hydrogens (tertiary/aromatic N) is 1. The first-order valence-electron chi connectivity index (χ1n) is 6.47. The molecule has 4 heteroatoms. The van der Waals surface area contributed by atoms with E-state index in [1.807, 2.05) is 0 Å². The van der Waals surface area contributed by atoms with Gasteiger partial charge in [0.05, 0.1) is 5.92 Å². The number of carboxylic acids is 1. The fourth-order valence-corrected chi connectivity index (χ4v) is 2.31. The lowest BCUT2D eigenvalue weighted by Gasteiger charge is -2.20. The van der Waals surface area contributed by atoms with Gasteiger partial charge in [0.1, 0.15) is 0 Å². The van der Waals surface area contributed by atoms with Crippen molar-refractivity contribution in [3.63, 3.8) is 0 Å². The summed E-state index contributed by atoms with van der Waals surface area (Å²) in [5.41, 5.74) is 0. The molecule has 1 aliphatic rings. The Morgan fingerprint density at radius 2 is 1.94 bits per heavy atom. The highest BCUT2D eigenvalue weighted by Crippen LogP contribution is 2.27. The molecule has 0 aliphatic heterocycles. The molecule has 4 nitrogen and oxygen atoms in total. The molecule has 1 atom stereocenters. The number of amides is 1. The average molecular weight is 241 g/mol. The number of carbonyl (C=O) groups is 2. The SMILES string of the molecule is CC(CC(=O)N(C)CCC1CCCC1)C(=O)O. The van der Waals surface area contributed by atoms with E-state index < -0.39 is 11.9 Å². The van der Waals surface area contributed by atoms with Gasteiger partial charge in [0.2, 0.25) is 5.91 Å². The highest BCUT2D eigenvalue weighted by Gasteiger charge is 2.20. The number of carboxylic acid groups (broad SMARTS) is 1. The second kappa shape index (κ2) is 6.62. The summed E-state index contributed by atoms with van der Waals surface area (Å²) >= 11 is 0. The normalized spacial score (nSPS) is 18.0. The van der Waals surface area contributed by atoms with Crippen LogP contribution in [0.2, 0.25) is 0 Å². The number of hydrogen-bond acceptors (Lipinski definition) is 2. The van der Waals surface area contributed by atoms with E-state index in [9.17, 15) is 9.59 Å². The van der Waals surface area contributed by atoms with E-state index in [-0.39, 0.29) is 12.3 Å². The van der Waals surface area contributed by atoms with Crippen LogP contribution in [0.25, 0.3) is 0 Å². The van der Waals surface area contributed by atoms with E-state index in [1.165, 1.54) is 25.7 Å². The van der Waals surface area contributed by atoms with Crippen molar-refractivity contribution >= 4 is 11.9 Å². The van der Waals surface area contributed by atoms with Crippen LogP contribution in [0.3, 0.4) is 0 Å². The molecular weight excluding hydrogens is 218 g/mol. The largest absolute Gasteiger partial charge is 0.481 e. The summed E-state index contributed by atoms with van der Waals surface area (Å²) < 4.78 is 0. The standard InChI is InChI=1S/C13H23NO3/c1-10(13(16)17)9-12(15)14(2)8-7-11-5-3-4-6-11/h10-11H,3-9H2,1-2H3,(H,16,17). The van der Waals surface area contributed by atoms with Gasteiger partial charge in [-0.2, -0.15) is 0 Å². The molecule has 0 spiro atoms. The van der Waals surface area contributed by atoms with Gasteiger partial charge < -0.3 is 10.0 Å². The van der Waals surface area contributed by atoms with Crippen LogP contribution in [0.1, 0.15) is 45.4 Å². The molecule has 0 aromatic carbocycles. The Kier molecular flexibility index (Phi) is 5.45. The lowest BCUT2D eigenvalue weighted by molar-refractivity contribution is -0.145. The molecule has 98 valence electrons. The smallest absolute Gasteiger partial charge is 0.306 e. The van der Waals surface area contributed by atoms with Gasteiger partial charge in [0.15, 0.2) is 0 Å². The number of aliphatic carboxylic acids is 1. The van der Waals surface area contributed by atoms with Crippen LogP contribution < -0.4 is 0 Å². The van der Waals surface area contributed by atoms with E-state index in [2.05, 4.69) is 0 Å². The molecule has 1 amide bonds. The first-order valence-corrected chi connectivity index (χ1v) is 6.47. The maximum atomic E-state index is 11.7. The fourth-order valence-electron chi connectivity index (χ4n) is 2.31. The zero-order valence-electron chi connectivity index (χ0n) is 10.8. The van der Waals surface area contributed by atoms with Crippen LogP contribution in [-0.4, -0.2) is 35.5 Å². The Morgan fingerprint density at radius 1 is 1.35 bits per heavy atom. The highest BCUT2D eigenvalue weighted by atomic mass is 16.4. The second-order valence-corrected chi connectivity index (χ2v) is 5.20. The van der Waals surface area contributed by atoms with Crippen LogP contribution in [0.5, 0.6) is 0 Å². The summed E-state index contributed by atoms with van der Waals surface area (Å²) in [5, 5.41) is 8.74. The van der Waals surface area contributed by atoms with Crippen LogP contribution >= 0.6 is 0 Å². The maximum absolute atomic E-state index is 11.7. The van der Waals surface area contributed by atoms with Crippen LogP contribution in [0.4, 0.5) is 0 Å². The molecule has 0 bridgehead atoms.